The molecule has 3 fully saturated rings. The van der Waals surface area contributed by atoms with Crippen LogP contribution in [0.25, 0.3) is 0 Å². The molecule has 2 N–H and O–H groups in total. The summed E-state index contributed by atoms with van der Waals surface area (Å²) < 4.78 is 19.7. The van der Waals surface area contributed by atoms with Gasteiger partial charge in [0.25, 0.3) is 11.8 Å². The van der Waals surface area contributed by atoms with Crippen molar-refractivity contribution in [1.82, 2.24) is 0 Å². The molecule has 0 spiro atoms. The fourth-order valence-corrected chi connectivity index (χ4v) is 9.64. The molecular weight excluding hydrogens is 814 g/mol. The van der Waals surface area contributed by atoms with Crippen molar-refractivity contribution >= 4 is 96.0 Å². The number of aromatic hydroxyl groups is 1. The lowest BCUT2D eigenvalue weighted by Crippen LogP contribution is -2.60. The molecule has 1 saturated carbocycles. The number of rotatable bonds is 5. The molecule has 0 unspecified atom stereocenters. The van der Waals surface area contributed by atoms with E-state index < -0.39 is 68.8 Å². The van der Waals surface area contributed by atoms with Gasteiger partial charge in [-0.3, -0.25) is 24.1 Å². The van der Waals surface area contributed by atoms with Crippen LogP contribution in [0.15, 0.2) is 75.2 Å². The van der Waals surface area contributed by atoms with Gasteiger partial charge in [0.2, 0.25) is 11.8 Å². The highest BCUT2D eigenvalue weighted by Gasteiger charge is 2.77. The van der Waals surface area contributed by atoms with Crippen molar-refractivity contribution in [1.29, 1.82) is 0 Å². The standard InChI is InChI=1S/C34H23Br2Cl2FN2O8/c1-49-22-12-20(25(35)26(36)27(22)42)24-18-9-10-19-23(29(44)40(28(19)43)17-4-2-3-14(11-17)30(45)46)21(18)13-33(37)31(47)41(32(48)34(24,33)38)16-7-5-15(39)6-8-16/h2-9,11-12,19,21,23-24,42H,10,13H2,1H3,(H,45,46)/t19-,21+,23-,24+,33+,34-/m0/s1. The molecule has 252 valence electrons. The maximum absolute atomic E-state index is 14.6. The molecule has 15 heteroatoms. The highest BCUT2D eigenvalue weighted by atomic mass is 79.9. The minimum absolute atomic E-state index is 0.00527. The summed E-state index contributed by atoms with van der Waals surface area (Å²) in [5, 5.41) is 20.3. The van der Waals surface area contributed by atoms with Crippen LogP contribution in [0, 0.1) is 23.6 Å². The van der Waals surface area contributed by atoms with Crippen molar-refractivity contribution in [3.05, 3.63) is 92.1 Å². The molecule has 0 bridgehead atoms. The monoisotopic (exact) mass is 834 g/mol. The number of benzene rings is 3. The number of carboxylic acids is 1. The summed E-state index contributed by atoms with van der Waals surface area (Å²) in [7, 11) is 1.33. The number of carbonyl (C=O) groups excluding carboxylic acids is 4. The van der Waals surface area contributed by atoms with Crippen LogP contribution in [0.5, 0.6) is 11.5 Å². The van der Waals surface area contributed by atoms with E-state index >= 15 is 0 Å². The molecule has 0 radical (unpaired) electrons. The van der Waals surface area contributed by atoms with Crippen LogP contribution in [0.2, 0.25) is 0 Å². The van der Waals surface area contributed by atoms with Gasteiger partial charge in [-0.15, -0.1) is 23.2 Å². The Kier molecular flexibility index (Phi) is 8.01. The molecule has 2 aliphatic heterocycles. The quantitative estimate of drug-likeness (QED) is 0.168. The number of carbonyl (C=O) groups is 5. The third kappa shape index (κ3) is 4.58. The second-order valence-electron chi connectivity index (χ2n) is 12.3. The summed E-state index contributed by atoms with van der Waals surface area (Å²) in [4.78, 5) is 66.3. The van der Waals surface area contributed by atoms with E-state index in [9.17, 15) is 38.6 Å². The van der Waals surface area contributed by atoms with Crippen molar-refractivity contribution in [2.45, 2.75) is 28.5 Å². The number of anilines is 2. The Hall–Kier alpha value is -3.78. The Bertz CT molecular complexity index is 2060. The SMILES string of the molecule is COc1cc([C@H]2C3=CC[C@@H]4C(=O)N(c5cccc(C(=O)O)c5)C(=O)[C@@H]4[C@@H]3C[C@@]3(Cl)C(=O)N(c4ccc(F)cc4)C(=O)[C@@]23Cl)c(Br)c(Br)c1O. The Morgan fingerprint density at radius 2 is 1.63 bits per heavy atom. The summed E-state index contributed by atoms with van der Waals surface area (Å²) in [5.41, 5.74) is 0.747. The predicted octanol–water partition coefficient (Wildman–Crippen LogP) is 6.53. The zero-order chi connectivity index (χ0) is 35.3. The normalized spacial score (nSPS) is 29.1. The number of nitrogens with zero attached hydrogens (tertiary/aromatic N) is 2. The number of carboxylic acid groups (broad SMARTS) is 1. The van der Waals surface area contributed by atoms with Gasteiger partial charge in [-0.2, -0.15) is 0 Å². The Labute approximate surface area is 304 Å². The average Bonchev–Trinajstić information content (AvgIpc) is 3.42. The van der Waals surface area contributed by atoms with Crippen molar-refractivity contribution in [2.24, 2.45) is 17.8 Å². The number of methoxy groups -OCH3 is 1. The lowest BCUT2D eigenvalue weighted by molar-refractivity contribution is -0.125. The van der Waals surface area contributed by atoms with Crippen LogP contribution < -0.4 is 14.5 Å². The third-order valence-corrected chi connectivity index (χ3v) is 13.5. The number of hydrogen-bond donors (Lipinski definition) is 2. The smallest absolute Gasteiger partial charge is 0.335 e. The zero-order valence-corrected chi connectivity index (χ0v) is 29.8. The highest BCUT2D eigenvalue weighted by molar-refractivity contribution is 9.13. The van der Waals surface area contributed by atoms with E-state index in [1.807, 2.05) is 0 Å². The van der Waals surface area contributed by atoms with E-state index in [0.717, 1.165) is 21.9 Å². The maximum Gasteiger partial charge on any atom is 0.335 e. The molecule has 4 aliphatic rings. The number of allylic oxidation sites excluding steroid dienone is 2. The molecule has 3 aromatic rings. The lowest BCUT2D eigenvalue weighted by atomic mass is 9.56. The Balaban J connectivity index is 1.43. The first-order valence-corrected chi connectivity index (χ1v) is 17.2. The van der Waals surface area contributed by atoms with E-state index in [2.05, 4.69) is 31.9 Å². The van der Waals surface area contributed by atoms with Gasteiger partial charge in [0.05, 0.1) is 40.4 Å². The number of phenolic OH excluding ortho intramolecular Hbond substituents is 1. The number of phenols is 1. The van der Waals surface area contributed by atoms with Crippen molar-refractivity contribution in [2.75, 3.05) is 16.9 Å². The fourth-order valence-electron chi connectivity index (χ4n) is 7.75. The molecule has 10 nitrogen and oxygen atoms in total. The van der Waals surface area contributed by atoms with Crippen molar-refractivity contribution in [3.8, 4) is 11.5 Å². The number of amides is 4. The predicted molar refractivity (Wildman–Crippen MR) is 183 cm³/mol. The van der Waals surface area contributed by atoms with Gasteiger partial charge >= 0.3 is 5.97 Å². The highest BCUT2D eigenvalue weighted by Crippen LogP contribution is 2.67. The van der Waals surface area contributed by atoms with Crippen LogP contribution in [-0.2, 0) is 19.2 Å². The zero-order valence-electron chi connectivity index (χ0n) is 25.1. The number of imide groups is 2. The topological polar surface area (TPSA) is 142 Å². The van der Waals surface area contributed by atoms with E-state index in [-0.39, 0.29) is 50.2 Å². The summed E-state index contributed by atoms with van der Waals surface area (Å²) in [6.45, 7) is 0. The first-order valence-electron chi connectivity index (χ1n) is 14.9. The van der Waals surface area contributed by atoms with Crippen LogP contribution in [0.4, 0.5) is 15.8 Å². The maximum atomic E-state index is 14.6. The van der Waals surface area contributed by atoms with Crippen molar-refractivity contribution in [3.63, 3.8) is 0 Å². The summed E-state index contributed by atoms with van der Waals surface area (Å²) >= 11 is 21.7. The number of fused-ring (bicyclic) bond motifs is 4. The molecule has 6 atom stereocenters. The van der Waals surface area contributed by atoms with Crippen LogP contribution in [-0.4, -0.2) is 56.7 Å². The van der Waals surface area contributed by atoms with Gasteiger partial charge in [0.15, 0.2) is 21.2 Å². The van der Waals surface area contributed by atoms with E-state index in [1.165, 1.54) is 49.6 Å². The minimum atomic E-state index is -2.22. The molecule has 2 aliphatic carbocycles. The Morgan fingerprint density at radius 1 is 0.939 bits per heavy atom. The molecule has 2 saturated heterocycles. The van der Waals surface area contributed by atoms with E-state index in [4.69, 9.17) is 27.9 Å². The minimum Gasteiger partial charge on any atom is -0.503 e. The van der Waals surface area contributed by atoms with Crippen LogP contribution >= 0.6 is 55.1 Å². The third-order valence-electron chi connectivity index (χ3n) is 9.95. The van der Waals surface area contributed by atoms with Crippen molar-refractivity contribution < 1.29 is 43.3 Å². The van der Waals surface area contributed by atoms with Crippen LogP contribution in [0.1, 0.15) is 34.7 Å². The number of hydrogen-bond acceptors (Lipinski definition) is 7. The molecule has 3 aromatic carbocycles. The number of alkyl halides is 2. The molecule has 7 rings (SSSR count). The molecular formula is C34H23Br2Cl2FN2O8. The summed E-state index contributed by atoms with van der Waals surface area (Å²) in [5.74, 6) is -9.10. The second-order valence-corrected chi connectivity index (χ2v) is 15.1. The van der Waals surface area contributed by atoms with Gasteiger partial charge in [0.1, 0.15) is 5.82 Å². The fraction of sp³-hybridized carbons (Fsp3) is 0.265. The van der Waals surface area contributed by atoms with E-state index in [0.29, 0.717) is 11.1 Å². The van der Waals surface area contributed by atoms with Gasteiger partial charge in [-0.1, -0.05) is 17.7 Å². The number of halogens is 5. The van der Waals surface area contributed by atoms with Gasteiger partial charge in [-0.05, 0) is 105 Å². The Morgan fingerprint density at radius 3 is 2.29 bits per heavy atom. The molecule has 4 amide bonds. The first-order chi connectivity index (χ1) is 23.2. The van der Waals surface area contributed by atoms with E-state index in [1.54, 1.807) is 6.08 Å². The van der Waals surface area contributed by atoms with Crippen LogP contribution in [0.3, 0.4) is 0 Å². The largest absolute Gasteiger partial charge is 0.503 e. The summed E-state index contributed by atoms with van der Waals surface area (Å²) in [6, 6.07) is 11.6. The van der Waals surface area contributed by atoms with Gasteiger partial charge < -0.3 is 14.9 Å². The lowest BCUT2D eigenvalue weighted by Gasteiger charge is -2.51. The van der Waals surface area contributed by atoms with Gasteiger partial charge in [-0.25, -0.2) is 14.1 Å². The molecule has 0 aromatic heterocycles. The average molecular weight is 837 g/mol. The molecule has 2 heterocycles. The molecule has 49 heavy (non-hydrogen) atoms. The number of ether oxygens (including phenoxy) is 1. The second kappa shape index (κ2) is 11.6. The summed E-state index contributed by atoms with van der Waals surface area (Å²) in [6.07, 6.45) is 1.48. The first kappa shape index (κ1) is 33.7. The number of aromatic carboxylic acids is 1. The van der Waals surface area contributed by atoms with Gasteiger partial charge in [0, 0.05) is 10.4 Å².